The van der Waals surface area contributed by atoms with Crippen molar-refractivity contribution in [3.05, 3.63) is 100 Å². The summed E-state index contributed by atoms with van der Waals surface area (Å²) in [6.45, 7) is -1.25. The largest absolute Gasteiger partial charge is 0.408 e. The van der Waals surface area contributed by atoms with Crippen LogP contribution in [0.25, 0.3) is 0 Å². The van der Waals surface area contributed by atoms with Gasteiger partial charge >= 0.3 is 6.18 Å². The van der Waals surface area contributed by atoms with Crippen LogP contribution in [0.1, 0.15) is 71.1 Å². The van der Waals surface area contributed by atoms with Gasteiger partial charge in [0.25, 0.3) is 11.9 Å². The molecule has 1 fully saturated rings. The number of nitrogens with zero attached hydrogens (tertiary/aromatic N) is 5. The number of amides is 1. The normalized spacial score (nSPS) is 14.8. The number of carbonyl (C=O) groups is 1. The number of H-pyrrole nitrogens is 1. The van der Waals surface area contributed by atoms with Gasteiger partial charge in [-0.15, -0.1) is 5.10 Å². The van der Waals surface area contributed by atoms with E-state index in [-0.39, 0.29) is 18.5 Å². The summed E-state index contributed by atoms with van der Waals surface area (Å²) in [5, 5.41) is 20.7. The lowest BCUT2D eigenvalue weighted by Crippen LogP contribution is -2.44. The number of nitrogens with one attached hydrogen (secondary N) is 3. The van der Waals surface area contributed by atoms with E-state index in [0.29, 0.717) is 27.8 Å². The average molecular weight is 669 g/mol. The molecule has 1 amide bonds. The predicted molar refractivity (Wildman–Crippen MR) is 176 cm³/mol. The van der Waals surface area contributed by atoms with E-state index in [1.54, 1.807) is 53.4 Å². The third kappa shape index (κ3) is 9.10. The Kier molecular flexibility index (Phi) is 11.0. The Hall–Kier alpha value is -4.36. The van der Waals surface area contributed by atoms with E-state index in [0.717, 1.165) is 18.4 Å². The minimum atomic E-state index is -4.54. The molecule has 1 heterocycles. The van der Waals surface area contributed by atoms with Gasteiger partial charge in [-0.2, -0.15) is 18.4 Å². The van der Waals surface area contributed by atoms with E-state index < -0.39 is 24.7 Å². The molecule has 5 rings (SSSR count). The maximum atomic E-state index is 13.6. The number of aliphatic imine (C=N–C) groups is 1. The number of guanidine groups is 1. The zero-order valence-corrected chi connectivity index (χ0v) is 26.2. The monoisotopic (exact) mass is 668 g/mol. The van der Waals surface area contributed by atoms with Crippen LogP contribution in [-0.4, -0.2) is 50.6 Å². The van der Waals surface area contributed by atoms with Crippen LogP contribution in [0.2, 0.25) is 5.02 Å². The molecule has 1 aliphatic rings. The molecule has 0 aliphatic heterocycles. The van der Waals surface area contributed by atoms with Crippen LogP contribution in [-0.2, 0) is 6.54 Å². The van der Waals surface area contributed by atoms with Crippen molar-refractivity contribution in [1.29, 1.82) is 0 Å². The van der Waals surface area contributed by atoms with Crippen LogP contribution >= 0.6 is 23.8 Å². The lowest BCUT2D eigenvalue weighted by atomic mass is 9.84. The molecule has 14 heteroatoms. The van der Waals surface area contributed by atoms with Gasteiger partial charge in [0, 0.05) is 21.6 Å². The smallest absolute Gasteiger partial charge is 0.345 e. The Labute approximate surface area is 274 Å². The van der Waals surface area contributed by atoms with Crippen molar-refractivity contribution >= 4 is 52.7 Å². The molecule has 4 aromatic rings. The minimum absolute atomic E-state index is 0.0114. The van der Waals surface area contributed by atoms with Crippen molar-refractivity contribution in [1.82, 2.24) is 25.9 Å². The van der Waals surface area contributed by atoms with Crippen molar-refractivity contribution in [2.75, 3.05) is 16.8 Å². The molecule has 46 heavy (non-hydrogen) atoms. The first kappa shape index (κ1) is 33.0. The second-order valence-electron chi connectivity index (χ2n) is 11.0. The van der Waals surface area contributed by atoms with Gasteiger partial charge in [-0.05, 0) is 77.1 Å². The molecule has 1 atom stereocenters. The van der Waals surface area contributed by atoms with E-state index in [2.05, 4.69) is 36.3 Å². The first-order valence-corrected chi connectivity index (χ1v) is 15.6. The van der Waals surface area contributed by atoms with E-state index in [1.807, 2.05) is 24.3 Å². The highest BCUT2D eigenvalue weighted by Gasteiger charge is 2.29. The zero-order valence-electron chi connectivity index (χ0n) is 24.7. The highest BCUT2D eigenvalue weighted by Crippen LogP contribution is 2.34. The number of carbonyl (C=O) groups excluding carboxylic acids is 1. The molecule has 3 N–H and O–H groups in total. The van der Waals surface area contributed by atoms with Crippen LogP contribution in [0.3, 0.4) is 0 Å². The molecule has 1 aliphatic carbocycles. The summed E-state index contributed by atoms with van der Waals surface area (Å²) in [6.07, 6.45) is 1.30. The summed E-state index contributed by atoms with van der Waals surface area (Å²) in [4.78, 5) is 18.3. The highest BCUT2D eigenvalue weighted by molar-refractivity contribution is 7.79. The number of alkyl halides is 3. The topological polar surface area (TPSA) is 111 Å². The first-order chi connectivity index (χ1) is 22.2. The quantitative estimate of drug-likeness (QED) is 0.0917. The molecular weight excluding hydrogens is 637 g/mol. The number of thiocarbonyl (C=S) groups is 1. The summed E-state index contributed by atoms with van der Waals surface area (Å²) in [5.41, 5.74) is 3.62. The SMILES string of the molecule is O=C(Nc1nn[nH]n1)c1ccc(CN(C(=NCC(F)(F)F)NC(C=S)c2ccc(Cl)cc2)c2ccc(C3CCCCC3)cc2)cc1. The van der Waals surface area contributed by atoms with Gasteiger partial charge in [-0.1, -0.05) is 84.6 Å². The number of aromatic nitrogens is 4. The molecule has 1 aromatic heterocycles. The second kappa shape index (κ2) is 15.3. The fraction of sp³-hybridized carbons (Fsp3) is 0.312. The van der Waals surface area contributed by atoms with Crippen molar-refractivity contribution < 1.29 is 18.0 Å². The standard InChI is InChI=1S/C32H32ClF3N8OS/c33-26-14-10-24(11-15-26)28(19-46)38-31(37-20-32(34,35)36)44(27-16-12-23(13-17-27)22-4-2-1-3-5-22)18-21-6-8-25(9-7-21)29(45)39-30-40-42-43-41-30/h6-17,19,22,28H,1-5,18,20H2,(H,37,38)(H2,39,40,41,42,43,45). The Morgan fingerprint density at radius 2 is 1.74 bits per heavy atom. The van der Waals surface area contributed by atoms with Crippen LogP contribution in [0.4, 0.5) is 24.8 Å². The first-order valence-electron chi connectivity index (χ1n) is 14.8. The Balaban J connectivity index is 1.47. The fourth-order valence-corrected chi connectivity index (χ4v) is 5.71. The van der Waals surface area contributed by atoms with Crippen LogP contribution in [0.15, 0.2) is 77.8 Å². The number of tetrazole rings is 1. The van der Waals surface area contributed by atoms with E-state index in [4.69, 9.17) is 23.8 Å². The van der Waals surface area contributed by atoms with Crippen molar-refractivity contribution in [2.45, 2.75) is 56.8 Å². The van der Waals surface area contributed by atoms with Gasteiger partial charge < -0.3 is 10.2 Å². The molecule has 3 aromatic carbocycles. The summed E-state index contributed by atoms with van der Waals surface area (Å²) in [6, 6.07) is 20.8. The van der Waals surface area contributed by atoms with Crippen molar-refractivity contribution in [3.8, 4) is 0 Å². The van der Waals surface area contributed by atoms with Crippen molar-refractivity contribution in [3.63, 3.8) is 0 Å². The number of hydrogen-bond donors (Lipinski definition) is 3. The van der Waals surface area contributed by atoms with E-state index >= 15 is 0 Å². The number of halogens is 4. The molecule has 0 spiro atoms. The average Bonchev–Trinajstić information content (AvgIpc) is 3.58. The molecule has 240 valence electrons. The third-order valence-corrected chi connectivity index (χ3v) is 8.25. The number of anilines is 2. The molecule has 0 radical (unpaired) electrons. The van der Waals surface area contributed by atoms with E-state index in [9.17, 15) is 18.0 Å². The van der Waals surface area contributed by atoms with Gasteiger partial charge in [0.15, 0.2) is 5.96 Å². The number of hydrogen-bond acceptors (Lipinski definition) is 6. The highest BCUT2D eigenvalue weighted by atomic mass is 35.5. The van der Waals surface area contributed by atoms with Gasteiger partial charge in [0.1, 0.15) is 6.54 Å². The molecule has 1 saturated carbocycles. The summed E-state index contributed by atoms with van der Waals surface area (Å²) in [5.74, 6) is 0.0389. The second-order valence-corrected chi connectivity index (χ2v) is 11.7. The lowest BCUT2D eigenvalue weighted by Gasteiger charge is -2.30. The Morgan fingerprint density at radius 1 is 1.04 bits per heavy atom. The molecule has 9 nitrogen and oxygen atoms in total. The maximum Gasteiger partial charge on any atom is 0.408 e. The van der Waals surface area contributed by atoms with Gasteiger partial charge in [-0.3, -0.25) is 10.1 Å². The van der Waals surface area contributed by atoms with Crippen LogP contribution < -0.4 is 15.5 Å². The number of aromatic amines is 1. The maximum absolute atomic E-state index is 13.6. The minimum Gasteiger partial charge on any atom is -0.345 e. The van der Waals surface area contributed by atoms with E-state index in [1.165, 1.54) is 30.2 Å². The number of rotatable bonds is 10. The van der Waals surface area contributed by atoms with Crippen LogP contribution in [0.5, 0.6) is 0 Å². The Morgan fingerprint density at radius 3 is 2.35 bits per heavy atom. The Bertz CT molecular complexity index is 1610. The predicted octanol–water partition coefficient (Wildman–Crippen LogP) is 7.41. The summed E-state index contributed by atoms with van der Waals surface area (Å²) in [7, 11) is 0. The summed E-state index contributed by atoms with van der Waals surface area (Å²) < 4.78 is 40.7. The third-order valence-electron chi connectivity index (χ3n) is 7.72. The van der Waals surface area contributed by atoms with Gasteiger partial charge in [0.2, 0.25) is 0 Å². The molecule has 1 unspecified atom stereocenters. The lowest BCUT2D eigenvalue weighted by molar-refractivity contribution is -0.118. The zero-order chi connectivity index (χ0) is 32.5. The van der Waals surface area contributed by atoms with Crippen LogP contribution in [0, 0.1) is 0 Å². The van der Waals surface area contributed by atoms with Crippen molar-refractivity contribution in [2.24, 2.45) is 4.99 Å². The molecular formula is C32H32ClF3N8OS. The van der Waals surface area contributed by atoms with Gasteiger partial charge in [0.05, 0.1) is 12.6 Å². The molecule has 0 bridgehead atoms. The van der Waals surface area contributed by atoms with Gasteiger partial charge in [-0.25, -0.2) is 4.99 Å². The number of benzene rings is 3. The summed E-state index contributed by atoms with van der Waals surface area (Å²) >= 11 is 11.4. The fourth-order valence-electron chi connectivity index (χ4n) is 5.36. The molecule has 0 saturated heterocycles.